The standard InChI is InChI=1S/C21H23N3O2/c1-21(2,3)17-9-7-16(8-10-17)20(26)23-12-11-19(25)24-18-6-4-5-15(13-18)14-22/h4-10,13H,11-12H2,1-3H3,(H,23,26)(H,24,25). The van der Waals surface area contributed by atoms with Crippen LogP contribution in [0.3, 0.4) is 0 Å². The summed E-state index contributed by atoms with van der Waals surface area (Å²) >= 11 is 0. The van der Waals surface area contributed by atoms with Crippen molar-refractivity contribution in [3.8, 4) is 6.07 Å². The molecular formula is C21H23N3O2. The van der Waals surface area contributed by atoms with Crippen molar-refractivity contribution in [1.29, 1.82) is 5.26 Å². The molecule has 0 spiro atoms. The van der Waals surface area contributed by atoms with Gasteiger partial charge in [-0.2, -0.15) is 5.26 Å². The van der Waals surface area contributed by atoms with Crippen molar-refractivity contribution >= 4 is 17.5 Å². The lowest BCUT2D eigenvalue weighted by molar-refractivity contribution is -0.116. The van der Waals surface area contributed by atoms with Crippen LogP contribution in [0, 0.1) is 11.3 Å². The molecule has 5 heteroatoms. The van der Waals surface area contributed by atoms with Gasteiger partial charge in [0.2, 0.25) is 5.91 Å². The van der Waals surface area contributed by atoms with Crippen LogP contribution in [0.4, 0.5) is 5.69 Å². The van der Waals surface area contributed by atoms with Gasteiger partial charge in [-0.3, -0.25) is 9.59 Å². The molecule has 2 aromatic rings. The Morgan fingerprint density at radius 3 is 2.38 bits per heavy atom. The second kappa shape index (κ2) is 8.30. The molecule has 0 saturated heterocycles. The molecule has 0 saturated carbocycles. The SMILES string of the molecule is CC(C)(C)c1ccc(C(=O)NCCC(=O)Nc2cccc(C#N)c2)cc1. The highest BCUT2D eigenvalue weighted by Crippen LogP contribution is 2.22. The van der Waals surface area contributed by atoms with Crippen LogP contribution in [0.2, 0.25) is 0 Å². The zero-order valence-electron chi connectivity index (χ0n) is 15.3. The Hall–Kier alpha value is -3.13. The number of carbonyl (C=O) groups is 2. The summed E-state index contributed by atoms with van der Waals surface area (Å²) in [5, 5.41) is 14.3. The van der Waals surface area contributed by atoms with E-state index in [1.807, 2.05) is 18.2 Å². The maximum atomic E-state index is 12.2. The number of carbonyl (C=O) groups excluding carboxylic acids is 2. The Labute approximate surface area is 154 Å². The fourth-order valence-corrected chi connectivity index (χ4v) is 2.40. The van der Waals surface area contributed by atoms with Gasteiger partial charge >= 0.3 is 0 Å². The first kappa shape index (κ1) is 19.2. The summed E-state index contributed by atoms with van der Waals surface area (Å²) in [4.78, 5) is 24.1. The molecule has 0 aliphatic rings. The summed E-state index contributed by atoms with van der Waals surface area (Å²) in [6, 6.07) is 16.2. The van der Waals surface area contributed by atoms with Crippen LogP contribution in [-0.4, -0.2) is 18.4 Å². The van der Waals surface area contributed by atoms with Crippen molar-refractivity contribution in [2.45, 2.75) is 32.6 Å². The lowest BCUT2D eigenvalue weighted by Gasteiger charge is -2.19. The Morgan fingerprint density at radius 1 is 1.08 bits per heavy atom. The maximum absolute atomic E-state index is 12.2. The summed E-state index contributed by atoms with van der Waals surface area (Å²) in [5.41, 5.74) is 2.82. The fourth-order valence-electron chi connectivity index (χ4n) is 2.40. The predicted molar refractivity (Wildman–Crippen MR) is 102 cm³/mol. The van der Waals surface area contributed by atoms with E-state index < -0.39 is 0 Å². The molecule has 0 aliphatic heterocycles. The zero-order valence-corrected chi connectivity index (χ0v) is 15.3. The van der Waals surface area contributed by atoms with Crippen LogP contribution in [0.1, 0.15) is 48.7 Å². The van der Waals surface area contributed by atoms with E-state index in [4.69, 9.17) is 5.26 Å². The van der Waals surface area contributed by atoms with Gasteiger partial charge in [-0.15, -0.1) is 0 Å². The van der Waals surface area contributed by atoms with E-state index in [1.165, 1.54) is 0 Å². The average molecular weight is 349 g/mol. The number of amides is 2. The molecule has 5 nitrogen and oxygen atoms in total. The van der Waals surface area contributed by atoms with Gasteiger partial charge in [0.25, 0.3) is 5.91 Å². The number of rotatable bonds is 5. The van der Waals surface area contributed by atoms with Crippen molar-refractivity contribution in [1.82, 2.24) is 5.32 Å². The first-order chi connectivity index (χ1) is 12.3. The minimum atomic E-state index is -0.219. The topological polar surface area (TPSA) is 82.0 Å². The van der Waals surface area contributed by atoms with Crippen LogP contribution in [0.15, 0.2) is 48.5 Å². The Morgan fingerprint density at radius 2 is 1.77 bits per heavy atom. The minimum Gasteiger partial charge on any atom is -0.352 e. The minimum absolute atomic E-state index is 0.0376. The van der Waals surface area contributed by atoms with E-state index in [2.05, 4.69) is 31.4 Å². The molecule has 2 aromatic carbocycles. The number of nitrogens with one attached hydrogen (secondary N) is 2. The van der Waals surface area contributed by atoms with Crippen molar-refractivity contribution in [3.63, 3.8) is 0 Å². The summed E-state index contributed by atoms with van der Waals surface area (Å²) in [7, 11) is 0. The van der Waals surface area contributed by atoms with Crippen molar-refractivity contribution in [2.75, 3.05) is 11.9 Å². The smallest absolute Gasteiger partial charge is 0.251 e. The van der Waals surface area contributed by atoms with Gasteiger partial charge in [-0.05, 0) is 41.3 Å². The van der Waals surface area contributed by atoms with E-state index >= 15 is 0 Å². The lowest BCUT2D eigenvalue weighted by atomic mass is 9.87. The molecule has 0 unspecified atom stereocenters. The van der Waals surface area contributed by atoms with Gasteiger partial charge in [0.15, 0.2) is 0 Å². The molecule has 2 rings (SSSR count). The fraction of sp³-hybridized carbons (Fsp3) is 0.286. The van der Waals surface area contributed by atoms with E-state index in [-0.39, 0.29) is 30.2 Å². The molecular weight excluding hydrogens is 326 g/mol. The van der Waals surface area contributed by atoms with Crippen LogP contribution >= 0.6 is 0 Å². The monoisotopic (exact) mass is 349 g/mol. The van der Waals surface area contributed by atoms with Crippen LogP contribution in [-0.2, 0) is 10.2 Å². The summed E-state index contributed by atoms with van der Waals surface area (Å²) in [6.07, 6.45) is 0.155. The Balaban J connectivity index is 1.82. The van der Waals surface area contributed by atoms with E-state index in [9.17, 15) is 9.59 Å². The van der Waals surface area contributed by atoms with Gasteiger partial charge in [-0.1, -0.05) is 39.0 Å². The molecule has 0 heterocycles. The molecule has 0 fully saturated rings. The number of nitriles is 1. The number of nitrogens with zero attached hydrogens (tertiary/aromatic N) is 1. The molecule has 0 radical (unpaired) electrons. The highest BCUT2D eigenvalue weighted by Gasteiger charge is 2.14. The Bertz CT molecular complexity index is 828. The summed E-state index contributed by atoms with van der Waals surface area (Å²) < 4.78 is 0. The molecule has 2 amide bonds. The quantitative estimate of drug-likeness (QED) is 0.865. The number of benzene rings is 2. The summed E-state index contributed by atoms with van der Waals surface area (Å²) in [5.74, 6) is -0.423. The predicted octanol–water partition coefficient (Wildman–Crippen LogP) is 3.61. The van der Waals surface area contributed by atoms with Crippen molar-refractivity contribution < 1.29 is 9.59 Å². The number of hydrogen-bond acceptors (Lipinski definition) is 3. The largest absolute Gasteiger partial charge is 0.352 e. The second-order valence-corrected chi connectivity index (χ2v) is 7.07. The van der Waals surface area contributed by atoms with Gasteiger partial charge in [0.1, 0.15) is 0 Å². The maximum Gasteiger partial charge on any atom is 0.251 e. The Kier molecular flexibility index (Phi) is 6.13. The van der Waals surface area contributed by atoms with Crippen LogP contribution in [0.25, 0.3) is 0 Å². The highest BCUT2D eigenvalue weighted by atomic mass is 16.2. The van der Waals surface area contributed by atoms with E-state index in [0.29, 0.717) is 16.8 Å². The van der Waals surface area contributed by atoms with Crippen molar-refractivity contribution in [2.24, 2.45) is 0 Å². The second-order valence-electron chi connectivity index (χ2n) is 7.07. The molecule has 0 atom stereocenters. The van der Waals surface area contributed by atoms with Gasteiger partial charge < -0.3 is 10.6 Å². The van der Waals surface area contributed by atoms with E-state index in [1.54, 1.807) is 36.4 Å². The van der Waals surface area contributed by atoms with Gasteiger partial charge in [0, 0.05) is 24.2 Å². The molecule has 2 N–H and O–H groups in total. The number of anilines is 1. The van der Waals surface area contributed by atoms with Crippen LogP contribution < -0.4 is 10.6 Å². The molecule has 0 aliphatic carbocycles. The summed E-state index contributed by atoms with van der Waals surface area (Å²) in [6.45, 7) is 6.59. The number of hydrogen-bond donors (Lipinski definition) is 2. The van der Waals surface area contributed by atoms with Crippen LogP contribution in [0.5, 0.6) is 0 Å². The third-order valence-electron chi connectivity index (χ3n) is 3.93. The highest BCUT2D eigenvalue weighted by molar-refractivity contribution is 5.95. The van der Waals surface area contributed by atoms with Gasteiger partial charge in [-0.25, -0.2) is 0 Å². The van der Waals surface area contributed by atoms with Gasteiger partial charge in [0.05, 0.1) is 11.6 Å². The first-order valence-electron chi connectivity index (χ1n) is 8.48. The first-order valence-corrected chi connectivity index (χ1v) is 8.48. The molecule has 134 valence electrons. The normalized spacial score (nSPS) is 10.7. The third-order valence-corrected chi connectivity index (χ3v) is 3.93. The molecule has 0 bridgehead atoms. The average Bonchev–Trinajstić information content (AvgIpc) is 2.61. The zero-order chi connectivity index (χ0) is 19.2. The lowest BCUT2D eigenvalue weighted by Crippen LogP contribution is -2.27. The van der Waals surface area contributed by atoms with Crippen molar-refractivity contribution in [3.05, 3.63) is 65.2 Å². The third kappa shape index (κ3) is 5.45. The molecule has 0 aromatic heterocycles. The molecule has 26 heavy (non-hydrogen) atoms. The van der Waals surface area contributed by atoms with E-state index in [0.717, 1.165) is 5.56 Å².